The number of thioether (sulfide) groups is 1. The van der Waals surface area contributed by atoms with E-state index in [9.17, 15) is 9.59 Å². The fraction of sp³-hybridized carbons (Fsp3) is 0.0952. The van der Waals surface area contributed by atoms with Gasteiger partial charge in [-0.2, -0.15) is 5.10 Å². The van der Waals surface area contributed by atoms with Crippen LogP contribution in [0.1, 0.15) is 5.69 Å². The maximum atomic E-state index is 13.3. The Morgan fingerprint density at radius 1 is 1.16 bits per heavy atom. The van der Waals surface area contributed by atoms with Gasteiger partial charge < -0.3 is 4.74 Å². The van der Waals surface area contributed by atoms with E-state index in [1.54, 1.807) is 36.5 Å². The van der Waals surface area contributed by atoms with E-state index in [1.165, 1.54) is 40.1 Å². The molecule has 160 valence electrons. The van der Waals surface area contributed by atoms with Crippen LogP contribution in [0.2, 0.25) is 5.02 Å². The van der Waals surface area contributed by atoms with E-state index in [-0.39, 0.29) is 11.1 Å². The number of pyridine rings is 1. The molecule has 32 heavy (non-hydrogen) atoms. The number of fused-ring (bicyclic) bond motifs is 2. The van der Waals surface area contributed by atoms with E-state index in [0.717, 1.165) is 0 Å². The van der Waals surface area contributed by atoms with Crippen molar-refractivity contribution in [1.82, 2.24) is 29.1 Å². The molecule has 9 nitrogen and oxygen atoms in total. The summed E-state index contributed by atoms with van der Waals surface area (Å²) < 4.78 is 8.35. The minimum Gasteiger partial charge on any atom is -0.495 e. The fourth-order valence-electron chi connectivity index (χ4n) is 3.34. The zero-order valence-corrected chi connectivity index (χ0v) is 18.2. The molecule has 0 spiro atoms. The number of nitrogens with one attached hydrogen (secondary N) is 1. The van der Waals surface area contributed by atoms with Crippen LogP contribution in [0.25, 0.3) is 22.4 Å². The van der Waals surface area contributed by atoms with E-state index in [2.05, 4.69) is 20.2 Å². The molecule has 0 saturated carbocycles. The molecule has 11 heteroatoms. The fourth-order valence-corrected chi connectivity index (χ4v) is 4.39. The molecule has 4 heterocycles. The maximum absolute atomic E-state index is 13.3. The number of rotatable bonds is 5. The zero-order valence-electron chi connectivity index (χ0n) is 16.7. The molecule has 0 atom stereocenters. The number of hydrogen-bond donors (Lipinski definition) is 1. The highest BCUT2D eigenvalue weighted by Crippen LogP contribution is 2.30. The molecule has 0 aliphatic carbocycles. The highest BCUT2D eigenvalue weighted by atomic mass is 35.5. The van der Waals surface area contributed by atoms with E-state index >= 15 is 0 Å². The van der Waals surface area contributed by atoms with Crippen LogP contribution in [0.15, 0.2) is 69.6 Å². The SMILES string of the molecule is COc1ccc(Cl)cc1-n1c(SCc2cc(=O)n3ccccc3n2)nc2[nH]ncc2c1=O. The summed E-state index contributed by atoms with van der Waals surface area (Å²) in [7, 11) is 1.51. The molecule has 1 aromatic carbocycles. The lowest BCUT2D eigenvalue weighted by Crippen LogP contribution is -2.22. The van der Waals surface area contributed by atoms with Gasteiger partial charge in [0.1, 0.15) is 16.8 Å². The molecule has 0 radical (unpaired) electrons. The van der Waals surface area contributed by atoms with Gasteiger partial charge in [0.2, 0.25) is 0 Å². The summed E-state index contributed by atoms with van der Waals surface area (Å²) in [6, 6.07) is 11.8. The van der Waals surface area contributed by atoms with Crippen molar-refractivity contribution >= 4 is 40.0 Å². The summed E-state index contributed by atoms with van der Waals surface area (Å²) in [5.41, 5.74) is 1.42. The third-order valence-electron chi connectivity index (χ3n) is 4.81. The van der Waals surface area contributed by atoms with E-state index < -0.39 is 0 Å². The van der Waals surface area contributed by atoms with Crippen molar-refractivity contribution in [2.45, 2.75) is 10.9 Å². The molecule has 0 amide bonds. The van der Waals surface area contributed by atoms with Crippen LogP contribution in [0.5, 0.6) is 5.75 Å². The highest BCUT2D eigenvalue weighted by Gasteiger charge is 2.18. The number of nitrogens with zero attached hydrogens (tertiary/aromatic N) is 5. The average Bonchev–Trinajstić information content (AvgIpc) is 3.27. The topological polar surface area (TPSA) is 107 Å². The molecular weight excluding hydrogens is 452 g/mol. The van der Waals surface area contributed by atoms with E-state index in [4.69, 9.17) is 16.3 Å². The van der Waals surface area contributed by atoms with Crippen molar-refractivity contribution in [3.63, 3.8) is 0 Å². The molecule has 4 aromatic heterocycles. The van der Waals surface area contributed by atoms with Crippen LogP contribution in [0.3, 0.4) is 0 Å². The molecule has 1 N–H and O–H groups in total. The van der Waals surface area contributed by atoms with Crippen molar-refractivity contribution in [3.8, 4) is 11.4 Å². The number of aromatic amines is 1. The van der Waals surface area contributed by atoms with Crippen LogP contribution < -0.4 is 15.9 Å². The molecule has 0 fully saturated rings. The van der Waals surface area contributed by atoms with Gasteiger partial charge in [-0.1, -0.05) is 29.4 Å². The number of methoxy groups -OCH3 is 1. The zero-order chi connectivity index (χ0) is 22.2. The lowest BCUT2D eigenvalue weighted by atomic mass is 10.3. The van der Waals surface area contributed by atoms with Gasteiger partial charge >= 0.3 is 0 Å². The molecule has 0 unspecified atom stereocenters. The summed E-state index contributed by atoms with van der Waals surface area (Å²) in [4.78, 5) is 34.8. The predicted molar refractivity (Wildman–Crippen MR) is 122 cm³/mol. The van der Waals surface area contributed by atoms with Crippen molar-refractivity contribution in [2.75, 3.05) is 7.11 Å². The summed E-state index contributed by atoms with van der Waals surface area (Å²) in [6.07, 6.45) is 3.09. The van der Waals surface area contributed by atoms with Crippen LogP contribution in [-0.4, -0.2) is 36.2 Å². The first-order chi connectivity index (χ1) is 15.5. The van der Waals surface area contributed by atoms with Crippen molar-refractivity contribution in [2.24, 2.45) is 0 Å². The molecule has 0 bridgehead atoms. The minimum absolute atomic E-state index is 0.183. The predicted octanol–water partition coefficient (Wildman–Crippen LogP) is 3.07. The number of H-pyrrole nitrogens is 1. The number of benzene rings is 1. The summed E-state index contributed by atoms with van der Waals surface area (Å²) in [5.74, 6) is 0.778. The Morgan fingerprint density at radius 2 is 2.03 bits per heavy atom. The quantitative estimate of drug-likeness (QED) is 0.313. The van der Waals surface area contributed by atoms with E-state index in [1.807, 2.05) is 6.07 Å². The monoisotopic (exact) mass is 466 g/mol. The van der Waals surface area contributed by atoms with Gasteiger partial charge in [-0.15, -0.1) is 0 Å². The van der Waals surface area contributed by atoms with E-state index in [0.29, 0.717) is 49.7 Å². The van der Waals surface area contributed by atoms with Gasteiger partial charge in [-0.05, 0) is 30.3 Å². The largest absolute Gasteiger partial charge is 0.495 e. The smallest absolute Gasteiger partial charge is 0.270 e. The molecule has 5 aromatic rings. The molecule has 0 aliphatic heterocycles. The maximum Gasteiger partial charge on any atom is 0.270 e. The van der Waals surface area contributed by atoms with Crippen molar-refractivity contribution in [1.29, 1.82) is 0 Å². The number of aromatic nitrogens is 6. The number of hydrogen-bond acceptors (Lipinski definition) is 7. The van der Waals surface area contributed by atoms with Gasteiger partial charge in [0, 0.05) is 23.0 Å². The van der Waals surface area contributed by atoms with Crippen LogP contribution >= 0.6 is 23.4 Å². The standard InChI is InChI=1S/C21H15ClN6O3S/c1-31-16-6-5-12(22)8-15(16)28-20(30)14-10-23-26-19(14)25-21(28)32-11-13-9-18(29)27-7-3-2-4-17(27)24-13/h2-10H,11H2,1H3,(H,23,26). The molecular formula is C21H15ClN6O3S. The van der Waals surface area contributed by atoms with Gasteiger partial charge in [-0.25, -0.2) is 9.97 Å². The van der Waals surface area contributed by atoms with Crippen LogP contribution in [-0.2, 0) is 5.75 Å². The normalized spacial score (nSPS) is 11.3. The van der Waals surface area contributed by atoms with Gasteiger partial charge in [-0.3, -0.25) is 23.7 Å². The molecule has 5 rings (SSSR count). The Balaban J connectivity index is 1.63. The first-order valence-electron chi connectivity index (χ1n) is 9.45. The first kappa shape index (κ1) is 20.3. The summed E-state index contributed by atoms with van der Waals surface area (Å²) in [6.45, 7) is 0. The number of halogens is 1. The van der Waals surface area contributed by atoms with Gasteiger partial charge in [0.25, 0.3) is 11.1 Å². The molecule has 0 aliphatic rings. The van der Waals surface area contributed by atoms with Crippen LogP contribution in [0, 0.1) is 0 Å². The summed E-state index contributed by atoms with van der Waals surface area (Å²) in [5, 5.41) is 7.83. The van der Waals surface area contributed by atoms with Crippen molar-refractivity contribution < 1.29 is 4.74 Å². The lowest BCUT2D eigenvalue weighted by molar-refractivity contribution is 0.411. The number of ether oxygens (including phenoxy) is 1. The Kier molecular flexibility index (Phi) is 5.16. The first-order valence-corrected chi connectivity index (χ1v) is 10.8. The lowest BCUT2D eigenvalue weighted by Gasteiger charge is -2.15. The second kappa shape index (κ2) is 8.13. The molecule has 0 saturated heterocycles. The second-order valence-corrected chi connectivity index (χ2v) is 8.17. The third kappa shape index (κ3) is 3.53. The van der Waals surface area contributed by atoms with Crippen molar-refractivity contribution in [3.05, 3.63) is 86.3 Å². The summed E-state index contributed by atoms with van der Waals surface area (Å²) >= 11 is 7.47. The Labute approximate surface area is 189 Å². The Bertz CT molecular complexity index is 1590. The Hall–Kier alpha value is -3.63. The van der Waals surface area contributed by atoms with Gasteiger partial charge in [0.05, 0.1) is 24.7 Å². The Morgan fingerprint density at radius 3 is 2.88 bits per heavy atom. The van der Waals surface area contributed by atoms with Crippen LogP contribution in [0.4, 0.5) is 0 Å². The third-order valence-corrected chi connectivity index (χ3v) is 6.01. The average molecular weight is 467 g/mol. The second-order valence-electron chi connectivity index (χ2n) is 6.79. The minimum atomic E-state index is -0.321. The van der Waals surface area contributed by atoms with Gasteiger partial charge in [0.15, 0.2) is 10.8 Å². The highest BCUT2D eigenvalue weighted by molar-refractivity contribution is 7.98.